The average Bonchev–Trinajstić information content (AvgIpc) is 2.86. The quantitative estimate of drug-likeness (QED) is 0.699. The Labute approximate surface area is 135 Å². The molecule has 1 heterocycles. The monoisotopic (exact) mass is 339 g/mol. The maximum atomic E-state index is 13.1. The van der Waals surface area contributed by atoms with Crippen LogP contribution in [-0.4, -0.2) is 19.2 Å². The SMILES string of the molecule is COc1cc2sc(N)nc2cc1F.COc1ccc(N)cc1F. The molecule has 1 aromatic heterocycles. The number of nitrogens with zero attached hydrogens (tertiary/aromatic N) is 1. The van der Waals surface area contributed by atoms with Gasteiger partial charge in [0.2, 0.25) is 0 Å². The van der Waals surface area contributed by atoms with Crippen molar-refractivity contribution in [1.29, 1.82) is 0 Å². The van der Waals surface area contributed by atoms with Crippen molar-refractivity contribution in [2.24, 2.45) is 0 Å². The molecule has 0 spiro atoms. The topological polar surface area (TPSA) is 83.4 Å². The lowest BCUT2D eigenvalue weighted by molar-refractivity contribution is 0.387. The van der Waals surface area contributed by atoms with Crippen LogP contribution in [0.4, 0.5) is 19.6 Å². The third-order valence-corrected chi connectivity index (χ3v) is 3.70. The molecule has 0 unspecified atom stereocenters. The molecule has 0 amide bonds. The molecule has 8 heteroatoms. The number of fused-ring (bicyclic) bond motifs is 1. The molecular weight excluding hydrogens is 324 g/mol. The second-order valence-corrected chi connectivity index (χ2v) is 5.46. The maximum absolute atomic E-state index is 13.1. The first kappa shape index (κ1) is 16.8. The van der Waals surface area contributed by atoms with Crippen LogP contribution in [0.15, 0.2) is 30.3 Å². The predicted molar refractivity (Wildman–Crippen MR) is 87.9 cm³/mol. The first-order valence-corrected chi connectivity index (χ1v) is 7.24. The van der Waals surface area contributed by atoms with Crippen LogP contribution in [0.25, 0.3) is 10.2 Å². The molecule has 0 radical (unpaired) electrons. The summed E-state index contributed by atoms with van der Waals surface area (Å²) in [5, 5.41) is 0.433. The summed E-state index contributed by atoms with van der Waals surface area (Å²) in [7, 11) is 2.84. The van der Waals surface area contributed by atoms with E-state index in [1.165, 1.54) is 43.8 Å². The van der Waals surface area contributed by atoms with Crippen molar-refractivity contribution in [2.45, 2.75) is 0 Å². The molecule has 3 rings (SSSR count). The molecule has 23 heavy (non-hydrogen) atoms. The van der Waals surface area contributed by atoms with Crippen molar-refractivity contribution < 1.29 is 18.3 Å². The van der Waals surface area contributed by atoms with E-state index in [1.807, 2.05) is 0 Å². The van der Waals surface area contributed by atoms with Crippen LogP contribution in [0.3, 0.4) is 0 Å². The van der Waals surface area contributed by atoms with Crippen LogP contribution in [0.1, 0.15) is 0 Å². The van der Waals surface area contributed by atoms with E-state index in [-0.39, 0.29) is 11.5 Å². The standard InChI is InChI=1S/C8H7FN2OS.C7H8FNO/c1-12-6-3-7-5(2-4(6)9)11-8(10)13-7;1-10-7-3-2-5(9)4-6(7)8/h2-3H,1H3,(H2,10,11);2-4H,9H2,1H3. The molecule has 0 fully saturated rings. The molecule has 0 aliphatic heterocycles. The Morgan fingerprint density at radius 1 is 0.957 bits per heavy atom. The fourth-order valence-corrected chi connectivity index (χ4v) is 2.53. The summed E-state index contributed by atoms with van der Waals surface area (Å²) in [6.07, 6.45) is 0. The van der Waals surface area contributed by atoms with Gasteiger partial charge in [-0.25, -0.2) is 13.8 Å². The molecule has 2 aromatic carbocycles. The van der Waals surface area contributed by atoms with Gasteiger partial charge < -0.3 is 20.9 Å². The largest absolute Gasteiger partial charge is 0.494 e. The molecule has 0 saturated heterocycles. The minimum atomic E-state index is -0.428. The molecule has 0 saturated carbocycles. The van der Waals surface area contributed by atoms with Crippen LogP contribution >= 0.6 is 11.3 Å². The van der Waals surface area contributed by atoms with E-state index in [1.54, 1.807) is 12.1 Å². The number of nitrogens with two attached hydrogens (primary N) is 2. The average molecular weight is 339 g/mol. The third-order valence-electron chi connectivity index (χ3n) is 2.85. The Hall–Kier alpha value is -2.61. The summed E-state index contributed by atoms with van der Waals surface area (Å²) < 4.78 is 36.1. The van der Waals surface area contributed by atoms with Crippen molar-refractivity contribution in [1.82, 2.24) is 4.98 Å². The van der Waals surface area contributed by atoms with Gasteiger partial charge in [-0.15, -0.1) is 0 Å². The highest BCUT2D eigenvalue weighted by atomic mass is 32.1. The summed E-state index contributed by atoms with van der Waals surface area (Å²) >= 11 is 1.31. The summed E-state index contributed by atoms with van der Waals surface area (Å²) in [6.45, 7) is 0. The highest BCUT2D eigenvalue weighted by Gasteiger charge is 2.07. The number of hydrogen-bond donors (Lipinski definition) is 2. The van der Waals surface area contributed by atoms with Gasteiger partial charge in [0.05, 0.1) is 24.4 Å². The lowest BCUT2D eigenvalue weighted by Gasteiger charge is -2.00. The van der Waals surface area contributed by atoms with Gasteiger partial charge in [-0.2, -0.15) is 0 Å². The van der Waals surface area contributed by atoms with Crippen molar-refractivity contribution in [3.63, 3.8) is 0 Å². The zero-order valence-corrected chi connectivity index (χ0v) is 13.3. The van der Waals surface area contributed by atoms with Crippen LogP contribution in [0, 0.1) is 11.6 Å². The second-order valence-electron chi connectivity index (χ2n) is 4.40. The number of benzene rings is 2. The van der Waals surface area contributed by atoms with Gasteiger partial charge in [-0.05, 0) is 12.1 Å². The molecule has 4 N–H and O–H groups in total. The lowest BCUT2D eigenvalue weighted by Crippen LogP contribution is -1.90. The lowest BCUT2D eigenvalue weighted by atomic mass is 10.3. The number of hydrogen-bond acceptors (Lipinski definition) is 6. The highest BCUT2D eigenvalue weighted by molar-refractivity contribution is 7.22. The Morgan fingerprint density at radius 2 is 1.61 bits per heavy atom. The van der Waals surface area contributed by atoms with Crippen LogP contribution in [0.2, 0.25) is 0 Å². The number of aromatic nitrogens is 1. The zero-order chi connectivity index (χ0) is 17.0. The maximum Gasteiger partial charge on any atom is 0.181 e. The number of thiazole rings is 1. The Balaban J connectivity index is 0.000000174. The summed E-state index contributed by atoms with van der Waals surface area (Å²) in [5.74, 6) is -0.409. The van der Waals surface area contributed by atoms with E-state index in [9.17, 15) is 8.78 Å². The minimum absolute atomic E-state index is 0.217. The third kappa shape index (κ3) is 3.98. The predicted octanol–water partition coefficient (Wildman–Crippen LogP) is 3.44. The molecule has 0 atom stereocenters. The fourth-order valence-electron chi connectivity index (χ4n) is 1.79. The van der Waals surface area contributed by atoms with Crippen LogP contribution in [0.5, 0.6) is 11.5 Å². The summed E-state index contributed by atoms with van der Waals surface area (Å²) in [4.78, 5) is 3.95. The van der Waals surface area contributed by atoms with E-state index >= 15 is 0 Å². The van der Waals surface area contributed by atoms with Crippen LogP contribution < -0.4 is 20.9 Å². The minimum Gasteiger partial charge on any atom is -0.494 e. The smallest absolute Gasteiger partial charge is 0.181 e. The van der Waals surface area contributed by atoms with Gasteiger partial charge in [0.15, 0.2) is 28.3 Å². The van der Waals surface area contributed by atoms with E-state index < -0.39 is 11.6 Å². The van der Waals surface area contributed by atoms with Crippen molar-refractivity contribution in [3.05, 3.63) is 42.0 Å². The first-order chi connectivity index (χ1) is 10.9. The van der Waals surface area contributed by atoms with E-state index in [2.05, 4.69) is 9.72 Å². The van der Waals surface area contributed by atoms with Crippen molar-refractivity contribution in [3.8, 4) is 11.5 Å². The molecular formula is C15H15F2N3O2S. The zero-order valence-electron chi connectivity index (χ0n) is 12.5. The van der Waals surface area contributed by atoms with E-state index in [4.69, 9.17) is 16.2 Å². The number of methoxy groups -OCH3 is 2. The van der Waals surface area contributed by atoms with Gasteiger partial charge in [-0.3, -0.25) is 0 Å². The second kappa shape index (κ2) is 7.10. The number of ether oxygens (including phenoxy) is 2. The highest BCUT2D eigenvalue weighted by Crippen LogP contribution is 2.29. The Kier molecular flexibility index (Phi) is 5.17. The molecule has 0 aliphatic rings. The molecule has 3 aromatic rings. The fraction of sp³-hybridized carbons (Fsp3) is 0.133. The normalized spacial score (nSPS) is 10.1. The number of nitrogen functional groups attached to an aromatic ring is 2. The number of rotatable bonds is 2. The van der Waals surface area contributed by atoms with Gasteiger partial charge in [0.1, 0.15) is 0 Å². The molecule has 0 bridgehead atoms. The first-order valence-electron chi connectivity index (χ1n) is 6.43. The van der Waals surface area contributed by atoms with Crippen molar-refractivity contribution in [2.75, 3.05) is 25.7 Å². The van der Waals surface area contributed by atoms with Gasteiger partial charge in [0.25, 0.3) is 0 Å². The van der Waals surface area contributed by atoms with E-state index in [0.717, 1.165) is 4.70 Å². The molecule has 122 valence electrons. The van der Waals surface area contributed by atoms with Gasteiger partial charge in [0, 0.05) is 23.9 Å². The van der Waals surface area contributed by atoms with Gasteiger partial charge in [-0.1, -0.05) is 11.3 Å². The number of anilines is 2. The van der Waals surface area contributed by atoms with E-state index in [0.29, 0.717) is 16.3 Å². The summed E-state index contributed by atoms with van der Waals surface area (Å²) in [6, 6.07) is 7.21. The number of halogens is 2. The molecule has 5 nitrogen and oxygen atoms in total. The molecule has 0 aliphatic carbocycles. The van der Waals surface area contributed by atoms with Crippen molar-refractivity contribution >= 4 is 32.4 Å². The Morgan fingerprint density at radius 3 is 2.22 bits per heavy atom. The Bertz CT molecular complexity index is 824. The van der Waals surface area contributed by atoms with Crippen LogP contribution in [-0.2, 0) is 0 Å². The summed E-state index contributed by atoms with van der Waals surface area (Å²) in [5.41, 5.74) is 11.7. The van der Waals surface area contributed by atoms with Gasteiger partial charge >= 0.3 is 0 Å².